The summed E-state index contributed by atoms with van der Waals surface area (Å²) in [5.41, 5.74) is 0.925. The molecule has 0 unspecified atom stereocenters. The Morgan fingerprint density at radius 2 is 2.12 bits per heavy atom. The minimum absolute atomic E-state index is 0.0579. The maximum absolute atomic E-state index is 10.8. The van der Waals surface area contributed by atoms with E-state index in [9.17, 15) is 4.79 Å². The van der Waals surface area contributed by atoms with E-state index in [4.69, 9.17) is 14.6 Å². The second kappa shape index (κ2) is 4.04. The fourth-order valence-electron chi connectivity index (χ4n) is 1.94. The van der Waals surface area contributed by atoms with Gasteiger partial charge in [0.15, 0.2) is 0 Å². The molecule has 86 valence electrons. The third-order valence-corrected chi connectivity index (χ3v) is 2.94. The number of benzene rings is 1. The summed E-state index contributed by atoms with van der Waals surface area (Å²) in [6.07, 6.45) is 0.679. The van der Waals surface area contributed by atoms with E-state index < -0.39 is 5.97 Å². The van der Waals surface area contributed by atoms with Crippen LogP contribution < -0.4 is 9.47 Å². The molecular formula is C12H14O4. The van der Waals surface area contributed by atoms with Crippen molar-refractivity contribution in [3.05, 3.63) is 23.8 Å². The van der Waals surface area contributed by atoms with Crippen LogP contribution in [0.3, 0.4) is 0 Å². The molecule has 0 bridgehead atoms. The fourth-order valence-corrected chi connectivity index (χ4v) is 1.94. The molecule has 0 aliphatic heterocycles. The van der Waals surface area contributed by atoms with Crippen LogP contribution in [0, 0.1) is 5.92 Å². The quantitative estimate of drug-likeness (QED) is 0.845. The maximum Gasteiger partial charge on any atom is 0.307 e. The molecule has 4 nitrogen and oxygen atoms in total. The molecule has 1 N–H and O–H groups in total. The van der Waals surface area contributed by atoms with E-state index >= 15 is 0 Å². The van der Waals surface area contributed by atoms with Gasteiger partial charge < -0.3 is 14.6 Å². The van der Waals surface area contributed by atoms with Gasteiger partial charge in [-0.05, 0) is 24.6 Å². The minimum atomic E-state index is -0.741. The molecule has 1 saturated carbocycles. The lowest BCUT2D eigenvalue weighted by Gasteiger charge is -2.09. The Hall–Kier alpha value is -1.71. The molecule has 1 aliphatic rings. The van der Waals surface area contributed by atoms with Gasteiger partial charge in [0.1, 0.15) is 11.5 Å². The largest absolute Gasteiger partial charge is 0.497 e. The first kappa shape index (κ1) is 10.8. The van der Waals surface area contributed by atoms with E-state index in [-0.39, 0.29) is 11.8 Å². The number of methoxy groups -OCH3 is 2. The highest BCUT2D eigenvalue weighted by molar-refractivity contribution is 5.75. The standard InChI is InChI=1S/C12H14O4/c1-15-7-3-4-11(16-2)9(5-7)8-6-10(8)12(13)14/h3-5,8,10H,6H2,1-2H3,(H,13,14)/t8-,10-/m1/s1. The predicted octanol–water partition coefficient (Wildman–Crippen LogP) is 1.89. The van der Waals surface area contributed by atoms with Crippen molar-refractivity contribution in [2.75, 3.05) is 14.2 Å². The van der Waals surface area contributed by atoms with Crippen LogP contribution in [0.2, 0.25) is 0 Å². The van der Waals surface area contributed by atoms with Crippen molar-refractivity contribution in [1.82, 2.24) is 0 Å². The molecule has 1 fully saturated rings. The summed E-state index contributed by atoms with van der Waals surface area (Å²) in [5, 5.41) is 8.90. The van der Waals surface area contributed by atoms with Crippen LogP contribution in [0.1, 0.15) is 17.9 Å². The van der Waals surface area contributed by atoms with Crippen molar-refractivity contribution in [2.24, 2.45) is 5.92 Å². The Balaban J connectivity index is 2.28. The molecule has 0 heterocycles. The van der Waals surface area contributed by atoms with Crippen molar-refractivity contribution in [3.8, 4) is 11.5 Å². The Morgan fingerprint density at radius 1 is 1.38 bits per heavy atom. The lowest BCUT2D eigenvalue weighted by molar-refractivity contribution is -0.138. The van der Waals surface area contributed by atoms with Gasteiger partial charge in [-0.15, -0.1) is 0 Å². The van der Waals surface area contributed by atoms with Crippen LogP contribution in [0.25, 0.3) is 0 Å². The predicted molar refractivity (Wildman–Crippen MR) is 58.0 cm³/mol. The van der Waals surface area contributed by atoms with Gasteiger partial charge in [0.05, 0.1) is 20.1 Å². The zero-order valence-corrected chi connectivity index (χ0v) is 9.27. The smallest absolute Gasteiger partial charge is 0.307 e. The summed E-state index contributed by atoms with van der Waals surface area (Å²) >= 11 is 0. The summed E-state index contributed by atoms with van der Waals surface area (Å²) in [5.74, 6) is 0.500. The highest BCUT2D eigenvalue weighted by atomic mass is 16.5. The number of aliphatic carboxylic acids is 1. The average Bonchev–Trinajstić information content (AvgIpc) is 3.08. The molecule has 0 saturated heterocycles. The van der Waals surface area contributed by atoms with Crippen molar-refractivity contribution in [3.63, 3.8) is 0 Å². The second-order valence-corrected chi connectivity index (χ2v) is 3.89. The lowest BCUT2D eigenvalue weighted by atomic mass is 10.1. The molecule has 2 rings (SSSR count). The fraction of sp³-hybridized carbons (Fsp3) is 0.417. The lowest BCUT2D eigenvalue weighted by Crippen LogP contribution is -2.00. The van der Waals surface area contributed by atoms with Gasteiger partial charge in [-0.3, -0.25) is 4.79 Å². The minimum Gasteiger partial charge on any atom is -0.497 e. The number of carboxylic acid groups (broad SMARTS) is 1. The summed E-state index contributed by atoms with van der Waals surface area (Å²) in [7, 11) is 3.18. The van der Waals surface area contributed by atoms with Crippen LogP contribution in [-0.4, -0.2) is 25.3 Å². The van der Waals surface area contributed by atoms with E-state index in [2.05, 4.69) is 0 Å². The van der Waals surface area contributed by atoms with E-state index in [0.717, 1.165) is 17.1 Å². The number of hydrogen-bond acceptors (Lipinski definition) is 3. The molecule has 4 heteroatoms. The molecule has 0 amide bonds. The number of hydrogen-bond donors (Lipinski definition) is 1. The van der Waals surface area contributed by atoms with Crippen molar-refractivity contribution >= 4 is 5.97 Å². The monoisotopic (exact) mass is 222 g/mol. The van der Waals surface area contributed by atoms with E-state index in [0.29, 0.717) is 6.42 Å². The first-order chi connectivity index (χ1) is 7.67. The molecular weight excluding hydrogens is 208 g/mol. The topological polar surface area (TPSA) is 55.8 Å². The van der Waals surface area contributed by atoms with E-state index in [1.165, 1.54) is 0 Å². The maximum atomic E-state index is 10.8. The number of carboxylic acids is 1. The molecule has 1 aliphatic carbocycles. The van der Waals surface area contributed by atoms with Gasteiger partial charge in [0, 0.05) is 11.5 Å². The normalized spacial score (nSPS) is 22.6. The zero-order chi connectivity index (χ0) is 11.7. The molecule has 1 aromatic carbocycles. The van der Waals surface area contributed by atoms with Crippen LogP contribution >= 0.6 is 0 Å². The Kier molecular flexibility index (Phi) is 2.73. The molecule has 16 heavy (non-hydrogen) atoms. The van der Waals surface area contributed by atoms with Gasteiger partial charge in [-0.2, -0.15) is 0 Å². The Labute approximate surface area is 93.8 Å². The van der Waals surface area contributed by atoms with E-state index in [1.54, 1.807) is 20.3 Å². The van der Waals surface area contributed by atoms with Gasteiger partial charge in [0.2, 0.25) is 0 Å². The third-order valence-electron chi connectivity index (χ3n) is 2.94. The van der Waals surface area contributed by atoms with Crippen LogP contribution in [0.15, 0.2) is 18.2 Å². The van der Waals surface area contributed by atoms with Gasteiger partial charge in [-0.1, -0.05) is 0 Å². The SMILES string of the molecule is COc1ccc(OC)c([C@H]2C[C@H]2C(=O)O)c1. The van der Waals surface area contributed by atoms with Gasteiger partial charge in [-0.25, -0.2) is 0 Å². The van der Waals surface area contributed by atoms with Crippen molar-refractivity contribution in [2.45, 2.75) is 12.3 Å². The first-order valence-corrected chi connectivity index (χ1v) is 5.12. The number of ether oxygens (including phenoxy) is 2. The highest BCUT2D eigenvalue weighted by Crippen LogP contribution is 2.51. The zero-order valence-electron chi connectivity index (χ0n) is 9.27. The molecule has 1 aromatic rings. The Morgan fingerprint density at radius 3 is 2.62 bits per heavy atom. The van der Waals surface area contributed by atoms with Crippen molar-refractivity contribution < 1.29 is 19.4 Å². The summed E-state index contributed by atoms with van der Waals surface area (Å²) in [4.78, 5) is 10.8. The molecule has 0 radical (unpaired) electrons. The summed E-state index contributed by atoms with van der Waals surface area (Å²) in [6, 6.07) is 5.47. The van der Waals surface area contributed by atoms with Crippen LogP contribution in [-0.2, 0) is 4.79 Å². The van der Waals surface area contributed by atoms with Crippen LogP contribution in [0.5, 0.6) is 11.5 Å². The molecule has 2 atom stereocenters. The van der Waals surface area contributed by atoms with Crippen LogP contribution in [0.4, 0.5) is 0 Å². The number of carbonyl (C=O) groups is 1. The van der Waals surface area contributed by atoms with Crippen molar-refractivity contribution in [1.29, 1.82) is 0 Å². The average molecular weight is 222 g/mol. The summed E-state index contributed by atoms with van der Waals surface area (Å²) < 4.78 is 10.4. The van der Waals surface area contributed by atoms with Gasteiger partial charge in [0.25, 0.3) is 0 Å². The van der Waals surface area contributed by atoms with E-state index in [1.807, 2.05) is 12.1 Å². The first-order valence-electron chi connectivity index (χ1n) is 5.12. The molecule has 0 spiro atoms. The number of rotatable bonds is 4. The summed E-state index contributed by atoms with van der Waals surface area (Å²) in [6.45, 7) is 0. The van der Waals surface area contributed by atoms with Gasteiger partial charge >= 0.3 is 5.97 Å². The highest BCUT2D eigenvalue weighted by Gasteiger charge is 2.45. The Bertz CT molecular complexity index is 413. The molecule has 0 aromatic heterocycles. The third kappa shape index (κ3) is 1.83. The second-order valence-electron chi connectivity index (χ2n) is 3.89.